The quantitative estimate of drug-likeness (QED) is 0.943. The average molecular weight is 313 g/mol. The predicted octanol–water partition coefficient (Wildman–Crippen LogP) is 3.09. The molecular formula is C18H19NO2S. The summed E-state index contributed by atoms with van der Waals surface area (Å²) in [6, 6.07) is 15.9. The van der Waals surface area contributed by atoms with Crippen LogP contribution in [0.25, 0.3) is 0 Å². The maximum atomic E-state index is 11.8. The highest BCUT2D eigenvalue weighted by molar-refractivity contribution is 7.90. The van der Waals surface area contributed by atoms with Gasteiger partial charge in [0.05, 0.1) is 10.6 Å². The van der Waals surface area contributed by atoms with E-state index in [1.54, 1.807) is 12.1 Å². The third-order valence-electron chi connectivity index (χ3n) is 5.02. The topological polar surface area (TPSA) is 46.2 Å². The van der Waals surface area contributed by atoms with Gasteiger partial charge in [0.15, 0.2) is 9.84 Å². The maximum Gasteiger partial charge on any atom is 0.177 e. The molecule has 0 radical (unpaired) electrons. The zero-order chi connectivity index (χ0) is 15.3. The SMILES string of the molecule is CS(=O)(=O)c1ccccc1NCC1C2Cc3ccccc3C12. The van der Waals surface area contributed by atoms with E-state index in [0.29, 0.717) is 16.7 Å². The number of hydrogen-bond acceptors (Lipinski definition) is 3. The molecule has 3 nitrogen and oxygen atoms in total. The highest BCUT2D eigenvalue weighted by atomic mass is 32.2. The van der Waals surface area contributed by atoms with E-state index in [9.17, 15) is 8.42 Å². The van der Waals surface area contributed by atoms with Gasteiger partial charge in [0.2, 0.25) is 0 Å². The molecule has 4 rings (SSSR count). The molecule has 2 aliphatic rings. The van der Waals surface area contributed by atoms with Crippen molar-refractivity contribution in [1.82, 2.24) is 0 Å². The molecule has 3 unspecified atom stereocenters. The third kappa shape index (κ3) is 2.22. The lowest BCUT2D eigenvalue weighted by atomic mass is 10.0. The van der Waals surface area contributed by atoms with Crippen molar-refractivity contribution in [3.8, 4) is 0 Å². The standard InChI is InChI=1S/C18H19NO2S/c1-22(20,21)17-9-5-4-8-16(17)19-11-15-14-10-12-6-2-3-7-13(12)18(14)15/h2-9,14-15,18-19H,10-11H2,1H3. The minimum Gasteiger partial charge on any atom is -0.384 e. The first-order valence-electron chi connectivity index (χ1n) is 7.66. The molecule has 0 spiro atoms. The summed E-state index contributed by atoms with van der Waals surface area (Å²) in [5, 5.41) is 3.36. The molecule has 1 saturated carbocycles. The summed E-state index contributed by atoms with van der Waals surface area (Å²) in [7, 11) is -3.19. The highest BCUT2D eigenvalue weighted by Crippen LogP contribution is 2.61. The van der Waals surface area contributed by atoms with Crippen LogP contribution in [-0.2, 0) is 16.3 Å². The number of para-hydroxylation sites is 1. The summed E-state index contributed by atoms with van der Waals surface area (Å²) in [4.78, 5) is 0.390. The van der Waals surface area contributed by atoms with Crippen LogP contribution < -0.4 is 5.32 Å². The van der Waals surface area contributed by atoms with E-state index in [1.807, 2.05) is 12.1 Å². The Labute approximate surface area is 131 Å². The van der Waals surface area contributed by atoms with Gasteiger partial charge in [-0.15, -0.1) is 0 Å². The fourth-order valence-electron chi connectivity index (χ4n) is 3.93. The summed E-state index contributed by atoms with van der Waals surface area (Å²) in [5.41, 5.74) is 3.71. The molecule has 22 heavy (non-hydrogen) atoms. The molecule has 0 saturated heterocycles. The van der Waals surface area contributed by atoms with Crippen LogP contribution in [0.5, 0.6) is 0 Å². The molecule has 3 atom stereocenters. The number of benzene rings is 2. The van der Waals surface area contributed by atoms with Gasteiger partial charge in [0.25, 0.3) is 0 Å². The van der Waals surface area contributed by atoms with Crippen LogP contribution in [0, 0.1) is 11.8 Å². The predicted molar refractivity (Wildman–Crippen MR) is 87.9 cm³/mol. The molecule has 0 aromatic heterocycles. The van der Waals surface area contributed by atoms with E-state index in [0.717, 1.165) is 18.2 Å². The zero-order valence-corrected chi connectivity index (χ0v) is 13.3. The maximum absolute atomic E-state index is 11.8. The van der Waals surface area contributed by atoms with Gasteiger partial charge in [-0.3, -0.25) is 0 Å². The van der Waals surface area contributed by atoms with Crippen LogP contribution >= 0.6 is 0 Å². The lowest BCUT2D eigenvalue weighted by molar-refractivity contribution is 0.602. The lowest BCUT2D eigenvalue weighted by Crippen LogP contribution is -2.11. The van der Waals surface area contributed by atoms with E-state index in [2.05, 4.69) is 29.6 Å². The number of sulfone groups is 1. The number of hydrogen-bond donors (Lipinski definition) is 1. The first-order chi connectivity index (χ1) is 10.6. The van der Waals surface area contributed by atoms with Crippen molar-refractivity contribution in [1.29, 1.82) is 0 Å². The Kier molecular flexibility index (Phi) is 3.05. The van der Waals surface area contributed by atoms with Crippen molar-refractivity contribution in [2.45, 2.75) is 17.2 Å². The molecule has 1 N–H and O–H groups in total. The second-order valence-corrected chi connectivity index (χ2v) is 8.39. The van der Waals surface area contributed by atoms with Crippen molar-refractivity contribution in [3.63, 3.8) is 0 Å². The second kappa shape index (κ2) is 4.85. The first-order valence-corrected chi connectivity index (χ1v) is 9.55. The number of nitrogens with one attached hydrogen (secondary N) is 1. The molecule has 2 aliphatic carbocycles. The van der Waals surface area contributed by atoms with E-state index < -0.39 is 9.84 Å². The lowest BCUT2D eigenvalue weighted by Gasteiger charge is -2.12. The number of anilines is 1. The van der Waals surface area contributed by atoms with Gasteiger partial charge in [-0.2, -0.15) is 0 Å². The summed E-state index contributed by atoms with van der Waals surface area (Å²) in [6.07, 6.45) is 2.43. The normalized spacial score (nSPS) is 25.4. The van der Waals surface area contributed by atoms with Gasteiger partial charge in [0.1, 0.15) is 0 Å². The van der Waals surface area contributed by atoms with Gasteiger partial charge in [0, 0.05) is 12.8 Å². The van der Waals surface area contributed by atoms with Crippen LogP contribution in [0.1, 0.15) is 17.0 Å². The van der Waals surface area contributed by atoms with E-state index in [1.165, 1.54) is 23.8 Å². The molecule has 4 heteroatoms. The Bertz CT molecular complexity index is 828. The summed E-state index contributed by atoms with van der Waals surface area (Å²) in [5.74, 6) is 2.02. The fourth-order valence-corrected chi connectivity index (χ4v) is 4.79. The Morgan fingerprint density at radius 2 is 1.82 bits per heavy atom. The molecule has 2 aromatic carbocycles. The highest BCUT2D eigenvalue weighted by Gasteiger charge is 2.54. The molecule has 0 heterocycles. The van der Waals surface area contributed by atoms with Crippen molar-refractivity contribution >= 4 is 15.5 Å². The number of fused-ring (bicyclic) bond motifs is 3. The summed E-state index contributed by atoms with van der Waals surface area (Å²) < 4.78 is 23.7. The molecule has 0 amide bonds. The summed E-state index contributed by atoms with van der Waals surface area (Å²) in [6.45, 7) is 0.843. The molecule has 2 aromatic rings. The smallest absolute Gasteiger partial charge is 0.177 e. The van der Waals surface area contributed by atoms with Crippen LogP contribution in [0.3, 0.4) is 0 Å². The average Bonchev–Trinajstić information content (AvgIpc) is 3.03. The Balaban J connectivity index is 1.49. The van der Waals surface area contributed by atoms with Crippen molar-refractivity contribution in [2.24, 2.45) is 11.8 Å². The second-order valence-electron chi connectivity index (χ2n) is 6.41. The van der Waals surface area contributed by atoms with E-state index >= 15 is 0 Å². The molecule has 0 aliphatic heterocycles. The van der Waals surface area contributed by atoms with E-state index in [4.69, 9.17) is 0 Å². The van der Waals surface area contributed by atoms with Gasteiger partial charge < -0.3 is 5.32 Å². The fraction of sp³-hybridized carbons (Fsp3) is 0.333. The first kappa shape index (κ1) is 13.8. The zero-order valence-electron chi connectivity index (χ0n) is 12.5. The largest absolute Gasteiger partial charge is 0.384 e. The van der Waals surface area contributed by atoms with E-state index in [-0.39, 0.29) is 0 Å². The molecule has 114 valence electrons. The van der Waals surface area contributed by atoms with Crippen LogP contribution in [0.4, 0.5) is 5.69 Å². The van der Waals surface area contributed by atoms with Gasteiger partial charge in [-0.25, -0.2) is 8.42 Å². The minimum absolute atomic E-state index is 0.390. The Hall–Kier alpha value is -1.81. The van der Waals surface area contributed by atoms with Crippen LogP contribution in [0.2, 0.25) is 0 Å². The van der Waals surface area contributed by atoms with Crippen LogP contribution in [-0.4, -0.2) is 21.2 Å². The van der Waals surface area contributed by atoms with Crippen molar-refractivity contribution < 1.29 is 8.42 Å². The number of rotatable bonds is 4. The molecule has 0 bridgehead atoms. The van der Waals surface area contributed by atoms with Gasteiger partial charge in [-0.1, -0.05) is 36.4 Å². The van der Waals surface area contributed by atoms with Crippen molar-refractivity contribution in [2.75, 3.05) is 18.1 Å². The monoisotopic (exact) mass is 313 g/mol. The van der Waals surface area contributed by atoms with Gasteiger partial charge in [-0.05, 0) is 47.4 Å². The van der Waals surface area contributed by atoms with Crippen LogP contribution in [0.15, 0.2) is 53.4 Å². The molecule has 1 fully saturated rings. The van der Waals surface area contributed by atoms with Crippen molar-refractivity contribution in [3.05, 3.63) is 59.7 Å². The summed E-state index contributed by atoms with van der Waals surface area (Å²) >= 11 is 0. The third-order valence-corrected chi connectivity index (χ3v) is 6.17. The Morgan fingerprint density at radius 1 is 1.09 bits per heavy atom. The minimum atomic E-state index is -3.19. The molecular weight excluding hydrogens is 294 g/mol. The van der Waals surface area contributed by atoms with Gasteiger partial charge >= 0.3 is 0 Å². The Morgan fingerprint density at radius 3 is 2.64 bits per heavy atom.